The lowest BCUT2D eigenvalue weighted by molar-refractivity contribution is 0.797. The lowest BCUT2D eigenvalue weighted by Gasteiger charge is -1.83. The molecule has 0 atom stereocenters. The molecule has 50 valence electrons. The fourth-order valence-electron chi connectivity index (χ4n) is 0.243. The van der Waals surface area contributed by atoms with E-state index in [2.05, 4.69) is 11.6 Å². The summed E-state index contributed by atoms with van der Waals surface area (Å²) >= 11 is 0. The second kappa shape index (κ2) is 4.01. The summed E-state index contributed by atoms with van der Waals surface area (Å²) in [5, 5.41) is 0. The molecule has 0 saturated heterocycles. The molecule has 0 unspecified atom stereocenters. The molecule has 9 heavy (non-hydrogen) atoms. The maximum atomic E-state index is 11.9. The average Bonchev–Trinajstić information content (AvgIpc) is 1.83. The van der Waals surface area contributed by atoms with Crippen LogP contribution in [-0.4, -0.2) is 5.97 Å². The second-order valence-corrected chi connectivity index (χ2v) is 1.70. The van der Waals surface area contributed by atoms with E-state index < -0.39 is 5.97 Å². The van der Waals surface area contributed by atoms with Gasteiger partial charge in [0, 0.05) is 13.1 Å². The zero-order chi connectivity index (χ0) is 7.28. The topological polar surface area (TPSA) is 12.4 Å². The number of halogens is 1. The van der Waals surface area contributed by atoms with Crippen molar-refractivity contribution in [2.45, 2.75) is 13.8 Å². The molecule has 0 rings (SSSR count). The van der Waals surface area contributed by atoms with Crippen LogP contribution in [0.15, 0.2) is 29.4 Å². The molecule has 0 heterocycles. The molecule has 1 nitrogen and oxygen atoms in total. The van der Waals surface area contributed by atoms with Crippen LogP contribution in [0, 0.1) is 0 Å². The number of rotatable bonds is 2. The van der Waals surface area contributed by atoms with Crippen molar-refractivity contribution >= 4 is 5.97 Å². The minimum atomic E-state index is -0.434. The fourth-order valence-corrected chi connectivity index (χ4v) is 0.243. The Morgan fingerprint density at radius 3 is 2.44 bits per heavy atom. The number of hydrogen-bond donors (Lipinski definition) is 0. The minimum absolute atomic E-state index is 0.434. The highest BCUT2D eigenvalue weighted by Gasteiger charge is 1.78. The summed E-state index contributed by atoms with van der Waals surface area (Å²) in [6.07, 6.45) is 3.05. The molecular formula is C7H10FN. The van der Waals surface area contributed by atoms with E-state index in [0.717, 1.165) is 5.57 Å². The van der Waals surface area contributed by atoms with Crippen LogP contribution in [0.2, 0.25) is 0 Å². The van der Waals surface area contributed by atoms with Gasteiger partial charge in [0.15, 0.2) is 5.97 Å². The molecule has 2 heteroatoms. The van der Waals surface area contributed by atoms with E-state index in [1.54, 1.807) is 13.0 Å². The fraction of sp³-hybridized carbons (Fsp3) is 0.286. The molecule has 0 spiro atoms. The summed E-state index contributed by atoms with van der Waals surface area (Å²) in [5.74, 6) is -0.434. The van der Waals surface area contributed by atoms with E-state index in [0.29, 0.717) is 0 Å². The SMILES string of the molecule is C=C/C(C)=C\N=C(/C)F. The lowest BCUT2D eigenvalue weighted by atomic mass is 10.3. The van der Waals surface area contributed by atoms with Gasteiger partial charge < -0.3 is 0 Å². The molecule has 0 bridgehead atoms. The van der Waals surface area contributed by atoms with Crippen LogP contribution in [0.3, 0.4) is 0 Å². The van der Waals surface area contributed by atoms with Crippen molar-refractivity contribution in [2.75, 3.05) is 0 Å². The van der Waals surface area contributed by atoms with E-state index in [4.69, 9.17) is 0 Å². The average molecular weight is 127 g/mol. The van der Waals surface area contributed by atoms with Crippen LogP contribution in [-0.2, 0) is 0 Å². The summed E-state index contributed by atoms with van der Waals surface area (Å²) in [6, 6.07) is 0. The summed E-state index contributed by atoms with van der Waals surface area (Å²) < 4.78 is 11.9. The Morgan fingerprint density at radius 2 is 2.11 bits per heavy atom. The van der Waals surface area contributed by atoms with Crippen molar-refractivity contribution in [3.8, 4) is 0 Å². The molecule has 0 radical (unpaired) electrons. The van der Waals surface area contributed by atoms with E-state index >= 15 is 0 Å². The van der Waals surface area contributed by atoms with Crippen molar-refractivity contribution in [2.24, 2.45) is 4.99 Å². The smallest absolute Gasteiger partial charge is 0.185 e. The molecule has 0 fully saturated rings. The van der Waals surface area contributed by atoms with E-state index in [1.807, 2.05) is 0 Å². The van der Waals surface area contributed by atoms with Gasteiger partial charge in [-0.05, 0) is 12.5 Å². The Labute approximate surface area is 54.6 Å². The number of hydrogen-bond acceptors (Lipinski definition) is 1. The molecule has 0 aromatic heterocycles. The monoisotopic (exact) mass is 127 g/mol. The van der Waals surface area contributed by atoms with Crippen molar-refractivity contribution in [3.05, 3.63) is 24.4 Å². The first-order valence-corrected chi connectivity index (χ1v) is 2.66. The molecule has 0 aliphatic heterocycles. The van der Waals surface area contributed by atoms with Gasteiger partial charge in [0.1, 0.15) is 0 Å². The lowest BCUT2D eigenvalue weighted by Crippen LogP contribution is -1.73. The Kier molecular flexibility index (Phi) is 3.60. The number of aliphatic imine (C=N–C) groups is 1. The normalized spacial score (nSPS) is 13.7. The van der Waals surface area contributed by atoms with Gasteiger partial charge in [0.2, 0.25) is 0 Å². The predicted octanol–water partition coefficient (Wildman–Crippen LogP) is 2.46. The van der Waals surface area contributed by atoms with Gasteiger partial charge in [-0.2, -0.15) is 4.39 Å². The van der Waals surface area contributed by atoms with Gasteiger partial charge >= 0.3 is 0 Å². The summed E-state index contributed by atoms with van der Waals surface area (Å²) in [4.78, 5) is 3.41. The van der Waals surface area contributed by atoms with Crippen molar-refractivity contribution in [3.63, 3.8) is 0 Å². The molecule has 0 aliphatic rings. The molecule has 0 aromatic carbocycles. The van der Waals surface area contributed by atoms with E-state index in [-0.39, 0.29) is 0 Å². The maximum Gasteiger partial charge on any atom is 0.185 e. The molecular weight excluding hydrogens is 117 g/mol. The maximum absolute atomic E-state index is 11.9. The van der Waals surface area contributed by atoms with Gasteiger partial charge in [0.25, 0.3) is 0 Å². The third-order valence-electron chi connectivity index (χ3n) is 0.768. The van der Waals surface area contributed by atoms with Gasteiger partial charge in [0.05, 0.1) is 0 Å². The van der Waals surface area contributed by atoms with Gasteiger partial charge in [-0.3, -0.25) is 0 Å². The van der Waals surface area contributed by atoms with Crippen LogP contribution in [0.25, 0.3) is 0 Å². The van der Waals surface area contributed by atoms with E-state index in [1.165, 1.54) is 13.1 Å². The standard InChI is InChI=1S/C7H10FN/c1-4-6(2)5-9-7(3)8/h4-5H,1H2,2-3H3/b6-5-,9-7+. The predicted molar refractivity (Wildman–Crippen MR) is 38.2 cm³/mol. The van der Waals surface area contributed by atoms with E-state index in [9.17, 15) is 4.39 Å². The molecule has 0 N–H and O–H groups in total. The van der Waals surface area contributed by atoms with Crippen LogP contribution in [0.1, 0.15) is 13.8 Å². The first-order valence-electron chi connectivity index (χ1n) is 2.66. The highest BCUT2D eigenvalue weighted by Crippen LogP contribution is 1.93. The first kappa shape index (κ1) is 8.08. The Morgan fingerprint density at radius 1 is 1.56 bits per heavy atom. The minimum Gasteiger partial charge on any atom is -0.232 e. The quantitative estimate of drug-likeness (QED) is 0.399. The number of allylic oxidation sites excluding steroid dienone is 2. The molecule has 0 amide bonds. The van der Waals surface area contributed by atoms with Crippen LogP contribution < -0.4 is 0 Å². The summed E-state index contributed by atoms with van der Waals surface area (Å²) in [6.45, 7) is 6.58. The Balaban J connectivity index is 3.98. The van der Waals surface area contributed by atoms with Gasteiger partial charge in [-0.1, -0.05) is 12.7 Å². The molecule has 0 saturated carbocycles. The Hall–Kier alpha value is -0.920. The Bertz CT molecular complexity index is 152. The highest BCUT2D eigenvalue weighted by molar-refractivity contribution is 5.72. The zero-order valence-corrected chi connectivity index (χ0v) is 5.69. The van der Waals surface area contributed by atoms with Crippen molar-refractivity contribution in [1.29, 1.82) is 0 Å². The highest BCUT2D eigenvalue weighted by atomic mass is 19.1. The molecule has 0 aromatic rings. The largest absolute Gasteiger partial charge is 0.232 e. The third kappa shape index (κ3) is 4.94. The van der Waals surface area contributed by atoms with Gasteiger partial charge in [-0.15, -0.1) is 0 Å². The zero-order valence-electron chi connectivity index (χ0n) is 5.69. The van der Waals surface area contributed by atoms with Crippen LogP contribution >= 0.6 is 0 Å². The van der Waals surface area contributed by atoms with Crippen LogP contribution in [0.5, 0.6) is 0 Å². The molecule has 0 aliphatic carbocycles. The summed E-state index contributed by atoms with van der Waals surface area (Å²) in [7, 11) is 0. The first-order chi connectivity index (χ1) is 4.16. The third-order valence-corrected chi connectivity index (χ3v) is 0.768. The van der Waals surface area contributed by atoms with Gasteiger partial charge in [-0.25, -0.2) is 4.99 Å². The number of nitrogens with zero attached hydrogens (tertiary/aromatic N) is 1. The second-order valence-electron chi connectivity index (χ2n) is 1.70. The summed E-state index contributed by atoms with van der Waals surface area (Å²) in [5.41, 5.74) is 0.854. The van der Waals surface area contributed by atoms with Crippen molar-refractivity contribution < 1.29 is 4.39 Å². The van der Waals surface area contributed by atoms with Crippen molar-refractivity contribution in [1.82, 2.24) is 0 Å². The van der Waals surface area contributed by atoms with Crippen LogP contribution in [0.4, 0.5) is 4.39 Å².